The van der Waals surface area contributed by atoms with Gasteiger partial charge in [0.2, 0.25) is 17.0 Å². The van der Waals surface area contributed by atoms with Crippen molar-refractivity contribution in [2.75, 3.05) is 27.2 Å². The van der Waals surface area contributed by atoms with Crippen LogP contribution >= 0.6 is 11.6 Å². The van der Waals surface area contributed by atoms with Gasteiger partial charge in [0.05, 0.1) is 5.39 Å². The van der Waals surface area contributed by atoms with E-state index in [0.717, 1.165) is 12.1 Å². The monoisotopic (exact) mass is 454 g/mol. The molecule has 1 aromatic heterocycles. The number of amides is 1. The Kier molecular flexibility index (Phi) is 7.48. The average molecular weight is 455 g/mol. The molecule has 32 heavy (non-hydrogen) atoms. The molecule has 6 nitrogen and oxygen atoms in total. The van der Waals surface area contributed by atoms with E-state index in [1.807, 2.05) is 31.1 Å². The van der Waals surface area contributed by atoms with Crippen LogP contribution in [0.15, 0.2) is 51.7 Å². The molecule has 3 rings (SSSR count). The molecule has 0 saturated carbocycles. The van der Waals surface area contributed by atoms with Crippen LogP contribution in [0.1, 0.15) is 58.2 Å². The number of nitrogens with one attached hydrogen (secondary N) is 1. The summed E-state index contributed by atoms with van der Waals surface area (Å²) in [5.41, 5.74) is 0.708. The van der Waals surface area contributed by atoms with Crippen LogP contribution in [-0.2, 0) is 0 Å². The lowest BCUT2D eigenvalue weighted by Crippen LogP contribution is -2.31. The fourth-order valence-electron chi connectivity index (χ4n) is 3.37. The van der Waals surface area contributed by atoms with Gasteiger partial charge in [0.1, 0.15) is 11.1 Å². The zero-order chi connectivity index (χ0) is 23.4. The van der Waals surface area contributed by atoms with Crippen molar-refractivity contribution in [2.45, 2.75) is 26.2 Å². The molecule has 0 fully saturated rings. The molecule has 0 saturated heterocycles. The van der Waals surface area contributed by atoms with Crippen molar-refractivity contribution < 1.29 is 14.0 Å². The van der Waals surface area contributed by atoms with Crippen molar-refractivity contribution in [1.29, 1.82) is 0 Å². The molecular weight excluding hydrogens is 428 g/mol. The molecule has 7 heteroatoms. The lowest BCUT2D eigenvalue weighted by molar-refractivity contribution is 0.0912. The molecule has 1 N–H and O–H groups in total. The number of carbonyl (C=O) groups excluding carboxylic acids is 2. The average Bonchev–Trinajstić information content (AvgIpc) is 2.76. The van der Waals surface area contributed by atoms with Gasteiger partial charge in [0, 0.05) is 17.1 Å². The maximum Gasteiger partial charge on any atom is 0.287 e. The normalized spacial score (nSPS) is 11.3. The van der Waals surface area contributed by atoms with Crippen molar-refractivity contribution in [3.8, 4) is 0 Å². The number of halogens is 1. The third-order valence-corrected chi connectivity index (χ3v) is 5.43. The Bertz CT molecular complexity index is 1200. The Labute approximate surface area is 192 Å². The fourth-order valence-corrected chi connectivity index (χ4v) is 3.55. The van der Waals surface area contributed by atoms with Gasteiger partial charge >= 0.3 is 0 Å². The molecule has 0 spiro atoms. The summed E-state index contributed by atoms with van der Waals surface area (Å²) in [6, 6.07) is 11.6. The number of nitrogens with zero attached hydrogens (tertiary/aromatic N) is 1. The van der Waals surface area contributed by atoms with Crippen LogP contribution in [0.4, 0.5) is 0 Å². The summed E-state index contributed by atoms with van der Waals surface area (Å²) in [4.78, 5) is 41.5. The molecule has 2 aromatic carbocycles. The van der Waals surface area contributed by atoms with E-state index < -0.39 is 17.1 Å². The van der Waals surface area contributed by atoms with E-state index >= 15 is 0 Å². The molecule has 0 aliphatic carbocycles. The number of fused-ring (bicyclic) bond motifs is 1. The van der Waals surface area contributed by atoms with E-state index in [-0.39, 0.29) is 22.3 Å². The topological polar surface area (TPSA) is 79.6 Å². The third-order valence-electron chi connectivity index (χ3n) is 5.19. The van der Waals surface area contributed by atoms with Gasteiger partial charge in [0.15, 0.2) is 0 Å². The Morgan fingerprint density at radius 3 is 2.41 bits per heavy atom. The lowest BCUT2D eigenvalue weighted by Gasteiger charge is -2.12. The van der Waals surface area contributed by atoms with Crippen LogP contribution in [0.5, 0.6) is 0 Å². The molecule has 0 atom stereocenters. The summed E-state index contributed by atoms with van der Waals surface area (Å²) in [6.45, 7) is 5.28. The van der Waals surface area contributed by atoms with Crippen LogP contribution in [-0.4, -0.2) is 43.8 Å². The number of hydrogen-bond acceptors (Lipinski definition) is 5. The smallest absolute Gasteiger partial charge is 0.287 e. The van der Waals surface area contributed by atoms with Gasteiger partial charge < -0.3 is 14.6 Å². The summed E-state index contributed by atoms with van der Waals surface area (Å²) in [5, 5.41) is 3.25. The number of rotatable bonds is 8. The molecule has 0 unspecified atom stereocenters. The van der Waals surface area contributed by atoms with Crippen LogP contribution in [0.25, 0.3) is 11.0 Å². The van der Waals surface area contributed by atoms with Crippen molar-refractivity contribution in [3.05, 3.63) is 80.2 Å². The van der Waals surface area contributed by atoms with E-state index in [2.05, 4.69) is 19.2 Å². The summed E-state index contributed by atoms with van der Waals surface area (Å²) >= 11 is 6.05. The molecule has 0 aliphatic rings. The van der Waals surface area contributed by atoms with Crippen molar-refractivity contribution in [2.24, 2.45) is 0 Å². The standard InChI is InChI=1S/C25H27ClN2O4/c1-15(2)16-6-8-17(9-7-16)22(29)21-23(30)19-14-18(26)10-11-20(19)32-24(21)25(31)27-12-5-13-28(3)4/h6-11,14-15H,5,12-13H2,1-4H3,(H,27,31). The molecule has 3 aromatic rings. The molecule has 168 valence electrons. The van der Waals surface area contributed by atoms with Gasteiger partial charge in [-0.3, -0.25) is 14.4 Å². The SMILES string of the molecule is CC(C)c1ccc(C(=O)c2c(C(=O)NCCCN(C)C)oc3ccc(Cl)cc3c2=O)cc1. The van der Waals surface area contributed by atoms with Crippen LogP contribution in [0.2, 0.25) is 5.02 Å². The molecule has 0 aliphatic heterocycles. The number of benzene rings is 2. The van der Waals surface area contributed by atoms with E-state index in [1.165, 1.54) is 12.1 Å². The largest absolute Gasteiger partial charge is 0.450 e. The number of hydrogen-bond donors (Lipinski definition) is 1. The highest BCUT2D eigenvalue weighted by Crippen LogP contribution is 2.22. The van der Waals surface area contributed by atoms with Crippen LogP contribution in [0.3, 0.4) is 0 Å². The Balaban J connectivity index is 2.06. The fraction of sp³-hybridized carbons (Fsp3) is 0.320. The maximum atomic E-state index is 13.3. The first-order chi connectivity index (χ1) is 15.2. The summed E-state index contributed by atoms with van der Waals surface area (Å²) in [6.07, 6.45) is 0.714. The highest BCUT2D eigenvalue weighted by Gasteiger charge is 2.26. The predicted octanol–water partition coefficient (Wildman–Crippen LogP) is 4.48. The zero-order valence-corrected chi connectivity index (χ0v) is 19.5. The second kappa shape index (κ2) is 10.1. The van der Waals surface area contributed by atoms with Gasteiger partial charge in [-0.25, -0.2) is 0 Å². The first-order valence-electron chi connectivity index (χ1n) is 10.5. The molecule has 1 heterocycles. The number of carbonyl (C=O) groups is 2. The lowest BCUT2D eigenvalue weighted by atomic mass is 9.96. The second-order valence-corrected chi connectivity index (χ2v) is 8.73. The van der Waals surface area contributed by atoms with Crippen molar-refractivity contribution in [3.63, 3.8) is 0 Å². The van der Waals surface area contributed by atoms with Crippen LogP contribution < -0.4 is 10.7 Å². The van der Waals surface area contributed by atoms with E-state index in [9.17, 15) is 14.4 Å². The van der Waals surface area contributed by atoms with Crippen LogP contribution in [0, 0.1) is 0 Å². The summed E-state index contributed by atoms with van der Waals surface area (Å²) < 4.78 is 5.77. The first-order valence-corrected chi connectivity index (χ1v) is 10.9. The molecular formula is C25H27ClN2O4. The first kappa shape index (κ1) is 23.7. The number of ketones is 1. The second-order valence-electron chi connectivity index (χ2n) is 8.29. The van der Waals surface area contributed by atoms with E-state index in [0.29, 0.717) is 29.5 Å². The minimum absolute atomic E-state index is 0.156. The van der Waals surface area contributed by atoms with Gasteiger partial charge in [-0.15, -0.1) is 0 Å². The zero-order valence-electron chi connectivity index (χ0n) is 18.7. The minimum atomic E-state index is -0.597. The summed E-state index contributed by atoms with van der Waals surface area (Å²) in [7, 11) is 3.88. The Hall–Kier alpha value is -2.96. The van der Waals surface area contributed by atoms with E-state index in [4.69, 9.17) is 16.0 Å². The Morgan fingerprint density at radius 1 is 1.09 bits per heavy atom. The van der Waals surface area contributed by atoms with Crippen molar-refractivity contribution in [1.82, 2.24) is 10.2 Å². The van der Waals surface area contributed by atoms with Gasteiger partial charge in [-0.2, -0.15) is 0 Å². The van der Waals surface area contributed by atoms with Gasteiger partial charge in [-0.1, -0.05) is 49.7 Å². The minimum Gasteiger partial charge on any atom is -0.450 e. The van der Waals surface area contributed by atoms with E-state index in [1.54, 1.807) is 18.2 Å². The quantitative estimate of drug-likeness (QED) is 0.401. The maximum absolute atomic E-state index is 13.3. The third kappa shape index (κ3) is 5.26. The predicted molar refractivity (Wildman–Crippen MR) is 127 cm³/mol. The highest BCUT2D eigenvalue weighted by atomic mass is 35.5. The summed E-state index contributed by atoms with van der Waals surface area (Å²) in [5.74, 6) is -1.14. The molecule has 0 bridgehead atoms. The Morgan fingerprint density at radius 2 is 1.78 bits per heavy atom. The highest BCUT2D eigenvalue weighted by molar-refractivity contribution is 6.31. The molecule has 1 amide bonds. The molecule has 0 radical (unpaired) electrons. The van der Waals surface area contributed by atoms with Crippen molar-refractivity contribution >= 4 is 34.3 Å². The van der Waals surface area contributed by atoms with Gasteiger partial charge in [-0.05, 0) is 56.7 Å². The van der Waals surface area contributed by atoms with Gasteiger partial charge in [0.25, 0.3) is 5.91 Å².